The van der Waals surface area contributed by atoms with Crippen molar-refractivity contribution in [3.8, 4) is 0 Å². The van der Waals surface area contributed by atoms with E-state index in [1.807, 2.05) is 12.1 Å². The number of hydrogen-bond acceptors (Lipinski definition) is 6. The summed E-state index contributed by atoms with van der Waals surface area (Å²) in [6.07, 6.45) is 7.83. The Bertz CT molecular complexity index is 895. The molecule has 29 heavy (non-hydrogen) atoms. The molecule has 4 rings (SSSR count). The molecule has 0 bridgehead atoms. The minimum Gasteiger partial charge on any atom is -0.347 e. The number of carbonyl (C=O) groups is 1. The van der Waals surface area contributed by atoms with E-state index in [1.165, 1.54) is 0 Å². The summed E-state index contributed by atoms with van der Waals surface area (Å²) in [6, 6.07) is 3.38. The number of sulfone groups is 1. The van der Waals surface area contributed by atoms with Crippen LogP contribution in [0.5, 0.6) is 0 Å². The number of nitrogens with zero attached hydrogens (tertiary/aromatic N) is 4. The summed E-state index contributed by atoms with van der Waals surface area (Å²) in [6.45, 7) is 1.83. The highest BCUT2D eigenvalue weighted by atomic mass is 35.5. The van der Waals surface area contributed by atoms with Crippen LogP contribution >= 0.6 is 24.8 Å². The predicted molar refractivity (Wildman–Crippen MR) is 114 cm³/mol. The Hall–Kier alpha value is -1.68. The second-order valence-corrected chi connectivity index (χ2v) is 9.36. The lowest BCUT2D eigenvalue weighted by molar-refractivity contribution is -0.137. The molecule has 1 amide bonds. The molecule has 2 saturated heterocycles. The van der Waals surface area contributed by atoms with E-state index in [4.69, 9.17) is 0 Å². The Balaban J connectivity index is 0.00000150. The first-order chi connectivity index (χ1) is 13.0. The first-order valence-corrected chi connectivity index (χ1v) is 10.9. The van der Waals surface area contributed by atoms with Gasteiger partial charge < -0.3 is 9.88 Å². The number of fused-ring (bicyclic) bond motifs is 1. The molecular formula is C18H25Cl2N5O3S. The summed E-state index contributed by atoms with van der Waals surface area (Å²) in [7, 11) is -3.15. The Morgan fingerprint density at radius 1 is 1.14 bits per heavy atom. The molecule has 0 radical (unpaired) electrons. The van der Waals surface area contributed by atoms with Crippen LogP contribution in [-0.4, -0.2) is 75.8 Å². The summed E-state index contributed by atoms with van der Waals surface area (Å²) in [4.78, 5) is 27.9. The van der Waals surface area contributed by atoms with Crippen molar-refractivity contribution in [3.05, 3.63) is 48.3 Å². The van der Waals surface area contributed by atoms with Crippen LogP contribution in [0.4, 0.5) is 0 Å². The minimum absolute atomic E-state index is 0. The molecule has 2 fully saturated rings. The van der Waals surface area contributed by atoms with E-state index in [9.17, 15) is 13.2 Å². The number of hydrogen-bond donors (Lipinski definition) is 1. The second-order valence-electron chi connectivity index (χ2n) is 7.21. The lowest BCUT2D eigenvalue weighted by atomic mass is 10.0. The average Bonchev–Trinajstić information content (AvgIpc) is 3.27. The Labute approximate surface area is 182 Å². The van der Waals surface area contributed by atoms with E-state index < -0.39 is 9.84 Å². The number of halogens is 2. The smallest absolute Gasteiger partial charge is 0.223 e. The summed E-state index contributed by atoms with van der Waals surface area (Å²) < 4.78 is 24.6. The van der Waals surface area contributed by atoms with Gasteiger partial charge in [0.2, 0.25) is 5.91 Å². The first kappa shape index (κ1) is 23.6. The zero-order chi connectivity index (χ0) is 18.9. The van der Waals surface area contributed by atoms with Crippen molar-refractivity contribution in [2.75, 3.05) is 24.6 Å². The van der Waals surface area contributed by atoms with Gasteiger partial charge in [0.1, 0.15) is 0 Å². The van der Waals surface area contributed by atoms with Crippen molar-refractivity contribution in [2.24, 2.45) is 0 Å². The number of amides is 1. The van der Waals surface area contributed by atoms with Crippen molar-refractivity contribution >= 4 is 40.6 Å². The SMILES string of the molecule is Cl.Cl.O=C(CCc1cccnc1)N1CCN(Cc2cnc[nH]2)[C@@H]2CS(=O)(=O)C[C@@H]21. The number of aromatic nitrogens is 3. The van der Waals surface area contributed by atoms with E-state index in [-0.39, 0.29) is 54.3 Å². The van der Waals surface area contributed by atoms with Crippen LogP contribution in [0.15, 0.2) is 37.1 Å². The van der Waals surface area contributed by atoms with Crippen LogP contribution in [0.3, 0.4) is 0 Å². The average molecular weight is 462 g/mol. The first-order valence-electron chi connectivity index (χ1n) is 9.12. The highest BCUT2D eigenvalue weighted by molar-refractivity contribution is 7.91. The summed E-state index contributed by atoms with van der Waals surface area (Å²) >= 11 is 0. The van der Waals surface area contributed by atoms with Crippen LogP contribution in [0.2, 0.25) is 0 Å². The number of nitrogens with one attached hydrogen (secondary N) is 1. The molecule has 0 unspecified atom stereocenters. The third-order valence-corrected chi connectivity index (χ3v) is 7.09. The van der Waals surface area contributed by atoms with Gasteiger partial charge in [-0.05, 0) is 18.1 Å². The maximum Gasteiger partial charge on any atom is 0.223 e. The lowest BCUT2D eigenvalue weighted by Gasteiger charge is -2.43. The number of pyridine rings is 1. The maximum absolute atomic E-state index is 12.8. The van der Waals surface area contributed by atoms with Gasteiger partial charge in [-0.25, -0.2) is 13.4 Å². The quantitative estimate of drug-likeness (QED) is 0.715. The lowest BCUT2D eigenvalue weighted by Crippen LogP contribution is -2.60. The van der Waals surface area contributed by atoms with Crippen LogP contribution in [-0.2, 0) is 27.6 Å². The van der Waals surface area contributed by atoms with Crippen LogP contribution in [0, 0.1) is 0 Å². The third kappa shape index (κ3) is 5.48. The van der Waals surface area contributed by atoms with Gasteiger partial charge in [-0.15, -0.1) is 24.8 Å². The van der Waals surface area contributed by atoms with E-state index >= 15 is 0 Å². The molecular weight excluding hydrogens is 437 g/mol. The van der Waals surface area contributed by atoms with Crippen LogP contribution in [0.25, 0.3) is 0 Å². The van der Waals surface area contributed by atoms with Crippen molar-refractivity contribution in [1.29, 1.82) is 0 Å². The topological polar surface area (TPSA) is 99.3 Å². The molecule has 1 N–H and O–H groups in total. The van der Waals surface area contributed by atoms with Gasteiger partial charge in [-0.1, -0.05) is 6.07 Å². The van der Waals surface area contributed by atoms with Gasteiger partial charge in [0.05, 0.1) is 23.9 Å². The van der Waals surface area contributed by atoms with Gasteiger partial charge in [0, 0.05) is 56.4 Å². The molecule has 2 aliphatic rings. The minimum atomic E-state index is -3.15. The highest BCUT2D eigenvalue weighted by Gasteiger charge is 2.47. The standard InChI is InChI=1S/C18H23N5O3S.2ClH/c24-18(4-3-14-2-1-5-19-8-14)23-7-6-22(10-15-9-20-13-21-15)16-11-27(25,26)12-17(16)23;;/h1-2,5,8-9,13,16-17H,3-4,6-7,10-12H2,(H,20,21);2*1H/t16-,17+;;/m1../s1. The fourth-order valence-corrected chi connectivity index (χ4v) is 6.07. The molecule has 0 aromatic carbocycles. The monoisotopic (exact) mass is 461 g/mol. The van der Waals surface area contributed by atoms with Gasteiger partial charge in [0.15, 0.2) is 9.84 Å². The summed E-state index contributed by atoms with van der Waals surface area (Å²) in [5.74, 6) is 0.181. The molecule has 0 saturated carbocycles. The van der Waals surface area contributed by atoms with E-state index in [0.29, 0.717) is 32.5 Å². The molecule has 0 aliphatic carbocycles. The van der Waals surface area contributed by atoms with Gasteiger partial charge in [-0.3, -0.25) is 14.7 Å². The molecule has 2 aromatic rings. The van der Waals surface area contributed by atoms with E-state index in [0.717, 1.165) is 11.3 Å². The predicted octanol–water partition coefficient (Wildman–Crippen LogP) is 1.09. The van der Waals surface area contributed by atoms with Gasteiger partial charge in [-0.2, -0.15) is 0 Å². The summed E-state index contributed by atoms with van der Waals surface area (Å²) in [5, 5.41) is 0. The molecule has 2 atom stereocenters. The normalized spacial score (nSPS) is 23.0. The number of aryl methyl sites for hydroxylation is 1. The molecule has 4 heterocycles. The fraction of sp³-hybridized carbons (Fsp3) is 0.500. The zero-order valence-corrected chi connectivity index (χ0v) is 18.3. The fourth-order valence-electron chi connectivity index (χ4n) is 4.06. The largest absolute Gasteiger partial charge is 0.347 e. The number of imidazole rings is 1. The molecule has 160 valence electrons. The summed E-state index contributed by atoms with van der Waals surface area (Å²) in [5.41, 5.74) is 1.97. The molecule has 2 aromatic heterocycles. The van der Waals surface area contributed by atoms with E-state index in [2.05, 4.69) is 19.9 Å². The zero-order valence-electron chi connectivity index (χ0n) is 15.8. The Morgan fingerprint density at radius 3 is 2.62 bits per heavy atom. The Morgan fingerprint density at radius 2 is 1.93 bits per heavy atom. The van der Waals surface area contributed by atoms with Crippen LogP contribution < -0.4 is 0 Å². The van der Waals surface area contributed by atoms with Crippen molar-refractivity contribution in [1.82, 2.24) is 24.8 Å². The van der Waals surface area contributed by atoms with Crippen LogP contribution in [0.1, 0.15) is 17.7 Å². The number of carbonyl (C=O) groups excluding carboxylic acids is 1. The molecule has 0 spiro atoms. The second kappa shape index (κ2) is 9.88. The van der Waals surface area contributed by atoms with Crippen molar-refractivity contribution < 1.29 is 13.2 Å². The van der Waals surface area contributed by atoms with Gasteiger partial charge in [0.25, 0.3) is 0 Å². The van der Waals surface area contributed by atoms with Crippen molar-refractivity contribution in [3.63, 3.8) is 0 Å². The van der Waals surface area contributed by atoms with Gasteiger partial charge >= 0.3 is 0 Å². The molecule has 11 heteroatoms. The van der Waals surface area contributed by atoms with E-state index in [1.54, 1.807) is 29.8 Å². The number of piperazine rings is 1. The number of H-pyrrole nitrogens is 1. The maximum atomic E-state index is 12.8. The molecule has 2 aliphatic heterocycles. The highest BCUT2D eigenvalue weighted by Crippen LogP contribution is 2.28. The number of rotatable bonds is 5. The third-order valence-electron chi connectivity index (χ3n) is 5.39. The molecule has 8 nitrogen and oxygen atoms in total. The van der Waals surface area contributed by atoms with Crippen molar-refractivity contribution in [2.45, 2.75) is 31.5 Å². The Kier molecular flexibility index (Phi) is 8.04. The number of aromatic amines is 1.